The van der Waals surface area contributed by atoms with Crippen LogP contribution in [-0.4, -0.2) is 66.9 Å². The van der Waals surface area contributed by atoms with Crippen LogP contribution < -0.4 is 29.0 Å². The summed E-state index contributed by atoms with van der Waals surface area (Å²) in [6.07, 6.45) is -0.108. The lowest BCUT2D eigenvalue weighted by atomic mass is 9.69. The summed E-state index contributed by atoms with van der Waals surface area (Å²) >= 11 is 6.59. The fourth-order valence-electron chi connectivity index (χ4n) is 6.59. The number of Topliss-reactive ketones (excluding diaryl/α,β-unsaturated/α-hetero) is 2. The zero-order valence-electron chi connectivity index (χ0n) is 26.0. The molecule has 0 fully saturated rings. The lowest BCUT2D eigenvalue weighted by molar-refractivity contribution is -0.122. The molecule has 1 amide bonds. The highest BCUT2D eigenvalue weighted by molar-refractivity contribution is 6.35. The summed E-state index contributed by atoms with van der Waals surface area (Å²) in [4.78, 5) is 41.9. The third-order valence-electron chi connectivity index (χ3n) is 8.96. The number of carbonyl (C=O) groups excluding carboxylic acids is 3. The van der Waals surface area contributed by atoms with Crippen LogP contribution in [-0.2, 0) is 16.0 Å². The number of allylic oxidation sites excluding steroid dienone is 1. The maximum Gasteiger partial charge on any atom is 0.231 e. The third-order valence-corrected chi connectivity index (χ3v) is 9.32. The van der Waals surface area contributed by atoms with Crippen molar-refractivity contribution in [1.82, 2.24) is 5.32 Å². The molecule has 1 spiro atoms. The SMILES string of the molecule is COc1cc(OC)c2c(c1Cl)O[C@]1(C2=O)C(O)=C(C(CC(=O)NC(CO)Cc2ccccc2)c2ccc3c(c2)OCO3)C(=O)C[C@H]1C. The van der Waals surface area contributed by atoms with Crippen molar-refractivity contribution in [3.63, 3.8) is 0 Å². The van der Waals surface area contributed by atoms with Gasteiger partial charge in [-0.15, -0.1) is 0 Å². The minimum Gasteiger partial charge on any atom is -0.507 e. The molecular formula is C35H34ClNO10. The molecule has 6 rings (SSSR count). The fraction of sp³-hybridized carbons (Fsp3) is 0.343. The number of carbonyl (C=O) groups is 3. The highest BCUT2D eigenvalue weighted by atomic mass is 35.5. The van der Waals surface area contributed by atoms with E-state index in [1.54, 1.807) is 25.1 Å². The van der Waals surface area contributed by atoms with Crippen LogP contribution >= 0.6 is 11.6 Å². The number of halogens is 1. The van der Waals surface area contributed by atoms with Gasteiger partial charge in [0.25, 0.3) is 0 Å². The molecule has 3 N–H and O–H groups in total. The first kappa shape index (κ1) is 32.2. The molecule has 0 aromatic heterocycles. The van der Waals surface area contributed by atoms with Gasteiger partial charge in [-0.2, -0.15) is 0 Å². The molecule has 12 heteroatoms. The zero-order chi connectivity index (χ0) is 33.5. The Labute approximate surface area is 276 Å². The number of methoxy groups -OCH3 is 2. The second-order valence-corrected chi connectivity index (χ2v) is 12.1. The third kappa shape index (κ3) is 5.53. The van der Waals surface area contributed by atoms with Gasteiger partial charge in [0.2, 0.25) is 24.1 Å². The van der Waals surface area contributed by atoms with E-state index in [0.29, 0.717) is 23.5 Å². The first-order valence-electron chi connectivity index (χ1n) is 15.1. The minimum atomic E-state index is -2.03. The highest BCUT2D eigenvalue weighted by Gasteiger charge is 2.61. The van der Waals surface area contributed by atoms with Crippen LogP contribution in [0.15, 0.2) is 65.9 Å². The van der Waals surface area contributed by atoms with E-state index in [4.69, 9.17) is 35.3 Å². The van der Waals surface area contributed by atoms with E-state index < -0.39 is 46.7 Å². The Balaban J connectivity index is 1.43. The molecule has 2 unspecified atom stereocenters. The molecule has 11 nitrogen and oxygen atoms in total. The predicted octanol–water partition coefficient (Wildman–Crippen LogP) is 4.71. The fourth-order valence-corrected chi connectivity index (χ4v) is 6.85. The highest BCUT2D eigenvalue weighted by Crippen LogP contribution is 2.56. The van der Waals surface area contributed by atoms with Gasteiger partial charge in [-0.25, -0.2) is 0 Å². The van der Waals surface area contributed by atoms with Crippen molar-refractivity contribution in [2.45, 2.75) is 43.7 Å². The smallest absolute Gasteiger partial charge is 0.231 e. The number of rotatable bonds is 10. The zero-order valence-corrected chi connectivity index (χ0v) is 26.8. The Bertz CT molecular complexity index is 1770. The number of benzene rings is 3. The van der Waals surface area contributed by atoms with Gasteiger partial charge >= 0.3 is 0 Å². The number of nitrogens with one attached hydrogen (secondary N) is 1. The maximum absolute atomic E-state index is 14.3. The monoisotopic (exact) mass is 663 g/mol. The number of aliphatic hydroxyl groups is 2. The maximum atomic E-state index is 14.3. The summed E-state index contributed by atoms with van der Waals surface area (Å²) in [5.41, 5.74) is -0.785. The van der Waals surface area contributed by atoms with Crippen LogP contribution in [0, 0.1) is 5.92 Å². The van der Waals surface area contributed by atoms with Crippen LogP contribution in [0.1, 0.15) is 47.2 Å². The van der Waals surface area contributed by atoms with Crippen molar-refractivity contribution in [1.29, 1.82) is 0 Å². The number of hydrogen-bond acceptors (Lipinski definition) is 10. The molecule has 3 aromatic rings. The number of ketones is 2. The lowest BCUT2D eigenvalue weighted by Gasteiger charge is -2.38. The lowest BCUT2D eigenvalue weighted by Crippen LogP contribution is -2.53. The summed E-state index contributed by atoms with van der Waals surface area (Å²) < 4.78 is 28.2. The number of fused-ring (bicyclic) bond motifs is 2. The second kappa shape index (κ2) is 12.8. The van der Waals surface area contributed by atoms with E-state index in [2.05, 4.69) is 5.32 Å². The summed E-state index contributed by atoms with van der Waals surface area (Å²) in [5.74, 6) is -2.88. The molecule has 1 aliphatic carbocycles. The number of aliphatic hydroxyl groups excluding tert-OH is 2. The molecule has 2 aliphatic heterocycles. The van der Waals surface area contributed by atoms with Crippen molar-refractivity contribution in [2.75, 3.05) is 27.6 Å². The van der Waals surface area contributed by atoms with Gasteiger partial charge in [0, 0.05) is 36.3 Å². The van der Waals surface area contributed by atoms with Crippen molar-refractivity contribution >= 4 is 29.1 Å². The largest absolute Gasteiger partial charge is 0.507 e. The van der Waals surface area contributed by atoms with E-state index in [-0.39, 0.29) is 59.6 Å². The van der Waals surface area contributed by atoms with Gasteiger partial charge in [-0.05, 0) is 29.7 Å². The van der Waals surface area contributed by atoms with Crippen molar-refractivity contribution in [3.05, 3.63) is 87.6 Å². The minimum absolute atomic E-state index is 0.00175. The van der Waals surface area contributed by atoms with Crippen molar-refractivity contribution < 1.29 is 48.3 Å². The summed E-state index contributed by atoms with van der Waals surface area (Å²) in [7, 11) is 2.78. The first-order chi connectivity index (χ1) is 22.6. The van der Waals surface area contributed by atoms with Crippen LogP contribution in [0.3, 0.4) is 0 Å². The van der Waals surface area contributed by atoms with Crippen LogP contribution in [0.4, 0.5) is 0 Å². The summed E-state index contributed by atoms with van der Waals surface area (Å²) in [6.45, 7) is 1.31. The molecule has 3 aromatic carbocycles. The molecule has 4 atom stereocenters. The van der Waals surface area contributed by atoms with E-state index in [0.717, 1.165) is 5.56 Å². The molecule has 3 aliphatic rings. The average Bonchev–Trinajstić information content (AvgIpc) is 3.67. The number of amides is 1. The number of hydrogen-bond donors (Lipinski definition) is 3. The average molecular weight is 664 g/mol. The van der Waals surface area contributed by atoms with Gasteiger partial charge in [0.05, 0.1) is 26.9 Å². The molecule has 0 radical (unpaired) electrons. The standard InChI is InChI=1S/C35H34ClNO10/c1-18-11-23(39)29(33(41)35(18)34(42)30-26(43-2)15-27(44-3)31(36)32(30)47-35)22(20-9-10-24-25(13-20)46-17-45-24)14-28(40)37-21(16-38)12-19-7-5-4-6-8-19/h4-10,13,15,18,21-22,38,41H,11-12,14,16-17H2,1-3H3,(H,37,40)/t18-,21?,22?,35+/m1/s1. The van der Waals surface area contributed by atoms with Gasteiger partial charge in [-0.3, -0.25) is 14.4 Å². The number of ether oxygens (including phenoxy) is 5. The Morgan fingerprint density at radius 1 is 1.06 bits per heavy atom. The molecule has 2 heterocycles. The Morgan fingerprint density at radius 3 is 2.49 bits per heavy atom. The van der Waals surface area contributed by atoms with Gasteiger partial charge in [0.1, 0.15) is 22.1 Å². The molecule has 0 bridgehead atoms. The second-order valence-electron chi connectivity index (χ2n) is 11.8. The first-order valence-corrected chi connectivity index (χ1v) is 15.5. The topological polar surface area (TPSA) is 150 Å². The van der Waals surface area contributed by atoms with Crippen LogP contribution in [0.2, 0.25) is 5.02 Å². The van der Waals surface area contributed by atoms with Crippen molar-refractivity contribution in [2.24, 2.45) is 5.92 Å². The normalized spacial score (nSPS) is 20.9. The van der Waals surface area contributed by atoms with E-state index in [1.807, 2.05) is 30.3 Å². The van der Waals surface area contributed by atoms with Gasteiger partial charge in [-0.1, -0.05) is 54.9 Å². The molecule has 0 saturated carbocycles. The quantitative estimate of drug-likeness (QED) is 0.278. The van der Waals surface area contributed by atoms with E-state index in [1.165, 1.54) is 20.3 Å². The van der Waals surface area contributed by atoms with Gasteiger partial charge < -0.3 is 39.2 Å². The van der Waals surface area contributed by atoms with E-state index in [9.17, 15) is 24.6 Å². The predicted molar refractivity (Wildman–Crippen MR) is 170 cm³/mol. The van der Waals surface area contributed by atoms with Crippen LogP contribution in [0.25, 0.3) is 0 Å². The van der Waals surface area contributed by atoms with Crippen molar-refractivity contribution in [3.8, 4) is 28.7 Å². The molecule has 47 heavy (non-hydrogen) atoms. The van der Waals surface area contributed by atoms with Crippen LogP contribution in [0.5, 0.6) is 28.7 Å². The Morgan fingerprint density at radius 2 is 1.79 bits per heavy atom. The molecule has 0 saturated heterocycles. The Kier molecular flexibility index (Phi) is 8.78. The summed E-state index contributed by atoms with van der Waals surface area (Å²) in [5, 5.41) is 25.1. The summed E-state index contributed by atoms with van der Waals surface area (Å²) in [6, 6.07) is 15.2. The molecular weight excluding hydrogens is 630 g/mol. The Hall–Kier alpha value is -4.74. The van der Waals surface area contributed by atoms with E-state index >= 15 is 0 Å². The molecule has 246 valence electrons. The van der Waals surface area contributed by atoms with Gasteiger partial charge in [0.15, 0.2) is 28.8 Å².